The summed E-state index contributed by atoms with van der Waals surface area (Å²) in [5.41, 5.74) is 10.5. The normalized spacial score (nSPS) is 12.2. The van der Waals surface area contributed by atoms with E-state index in [1.54, 1.807) is 0 Å². The Kier molecular flexibility index (Phi) is 5.90. The second-order valence-electron chi connectivity index (χ2n) is 13.6. The molecule has 4 aromatic heterocycles. The Labute approximate surface area is 306 Å². The molecule has 8 aromatic carbocycles. The zero-order chi connectivity index (χ0) is 34.6. The van der Waals surface area contributed by atoms with Crippen molar-refractivity contribution >= 4 is 114 Å². The minimum atomic E-state index is 0.846. The van der Waals surface area contributed by atoms with Crippen molar-refractivity contribution in [2.24, 2.45) is 0 Å². The van der Waals surface area contributed by atoms with E-state index in [9.17, 15) is 0 Å². The molecule has 12 aromatic rings. The lowest BCUT2D eigenvalue weighted by Crippen LogP contribution is -2.09. The molecule has 53 heavy (non-hydrogen) atoms. The molecule has 0 atom stereocenters. The Balaban J connectivity index is 1.02. The topological polar surface area (TPSA) is 42.7 Å². The second kappa shape index (κ2) is 10.8. The Morgan fingerprint density at radius 3 is 1.60 bits per heavy atom. The highest BCUT2D eigenvalue weighted by atomic mass is 32.1. The summed E-state index contributed by atoms with van der Waals surface area (Å²) in [4.78, 5) is 2.27. The lowest BCUT2D eigenvalue weighted by atomic mass is 10.0. The van der Waals surface area contributed by atoms with E-state index < -0.39 is 0 Å². The molecule has 0 saturated heterocycles. The number of nitrogens with zero attached hydrogens (tertiary/aromatic N) is 1. The van der Waals surface area contributed by atoms with Crippen molar-refractivity contribution in [2.75, 3.05) is 4.90 Å². The highest BCUT2D eigenvalue weighted by molar-refractivity contribution is 7.26. The molecule has 0 fully saturated rings. The number of para-hydroxylation sites is 3. The summed E-state index contributed by atoms with van der Waals surface area (Å²) in [6.07, 6.45) is 0. The number of furan rings is 3. The Hall–Kier alpha value is -6.82. The standard InChI is InChI=1S/C48H27NO3S/c1-4-13-40-33(8-1)35-22-20-30(26-42(35)50-40)49(31-21-23-36-34-9-2-5-14-41(34)51-43(36)27-31)29-18-16-28(17-19-29)32-11-7-12-37-38-24-25-45-46(48(38)52-47(32)37)39-10-3-6-15-44(39)53-45/h1-27H. The first-order valence-electron chi connectivity index (χ1n) is 17.7. The molecule has 12 rings (SSSR count). The Morgan fingerprint density at radius 2 is 0.906 bits per heavy atom. The number of benzene rings is 8. The molecule has 4 nitrogen and oxygen atoms in total. The van der Waals surface area contributed by atoms with E-state index in [0.29, 0.717) is 0 Å². The first-order valence-corrected chi connectivity index (χ1v) is 18.6. The molecule has 0 radical (unpaired) electrons. The van der Waals surface area contributed by atoms with Crippen molar-refractivity contribution in [2.45, 2.75) is 0 Å². The molecular weight excluding hydrogens is 671 g/mol. The SMILES string of the molecule is c1ccc2c(c1)oc1cc(N(c3ccc(-c4cccc5c4oc4c5ccc5sc6ccccc6c54)cc3)c3ccc4c(c3)oc3ccccc34)ccc12. The van der Waals surface area contributed by atoms with Crippen LogP contribution in [-0.4, -0.2) is 0 Å². The molecule has 0 N–H and O–H groups in total. The van der Waals surface area contributed by atoms with Crippen LogP contribution in [0.25, 0.3) is 97.1 Å². The monoisotopic (exact) mass is 697 g/mol. The molecule has 5 heteroatoms. The van der Waals surface area contributed by atoms with Gasteiger partial charge in [0, 0.05) is 87.2 Å². The second-order valence-corrected chi connectivity index (χ2v) is 14.7. The lowest BCUT2D eigenvalue weighted by molar-refractivity contribution is 0.669. The average molecular weight is 698 g/mol. The van der Waals surface area contributed by atoms with E-state index in [1.807, 2.05) is 35.6 Å². The third kappa shape index (κ3) is 4.23. The van der Waals surface area contributed by atoms with Crippen LogP contribution in [0.1, 0.15) is 0 Å². The van der Waals surface area contributed by atoms with Crippen LogP contribution in [0, 0.1) is 0 Å². The van der Waals surface area contributed by atoms with Gasteiger partial charge in [0.2, 0.25) is 0 Å². The van der Waals surface area contributed by atoms with Gasteiger partial charge in [-0.05, 0) is 72.3 Å². The predicted molar refractivity (Wildman–Crippen MR) is 221 cm³/mol. The van der Waals surface area contributed by atoms with Crippen LogP contribution in [0.15, 0.2) is 177 Å². The Morgan fingerprint density at radius 1 is 0.358 bits per heavy atom. The van der Waals surface area contributed by atoms with E-state index in [0.717, 1.165) is 94.0 Å². The van der Waals surface area contributed by atoms with Crippen molar-refractivity contribution in [1.29, 1.82) is 0 Å². The third-order valence-electron chi connectivity index (χ3n) is 10.7. The van der Waals surface area contributed by atoms with Gasteiger partial charge in [-0.25, -0.2) is 0 Å². The van der Waals surface area contributed by atoms with Crippen LogP contribution < -0.4 is 4.90 Å². The fourth-order valence-electron chi connectivity index (χ4n) is 8.24. The summed E-state index contributed by atoms with van der Waals surface area (Å²) < 4.78 is 22.1. The maximum absolute atomic E-state index is 6.84. The number of fused-ring (bicyclic) bond motifs is 13. The van der Waals surface area contributed by atoms with Gasteiger partial charge in [-0.15, -0.1) is 11.3 Å². The number of hydrogen-bond donors (Lipinski definition) is 0. The highest BCUT2D eigenvalue weighted by Crippen LogP contribution is 2.45. The molecule has 0 spiro atoms. The minimum Gasteiger partial charge on any atom is -0.456 e. The van der Waals surface area contributed by atoms with E-state index in [1.165, 1.54) is 20.2 Å². The largest absolute Gasteiger partial charge is 0.456 e. The number of rotatable bonds is 4. The maximum Gasteiger partial charge on any atom is 0.144 e. The number of hydrogen-bond acceptors (Lipinski definition) is 5. The van der Waals surface area contributed by atoms with Crippen molar-refractivity contribution in [3.05, 3.63) is 164 Å². The van der Waals surface area contributed by atoms with E-state index in [-0.39, 0.29) is 0 Å². The molecule has 0 aliphatic heterocycles. The van der Waals surface area contributed by atoms with Gasteiger partial charge in [-0.2, -0.15) is 0 Å². The molecule has 0 aliphatic rings. The van der Waals surface area contributed by atoms with Crippen molar-refractivity contribution in [3.8, 4) is 11.1 Å². The molecule has 4 heterocycles. The zero-order valence-corrected chi connectivity index (χ0v) is 29.0. The van der Waals surface area contributed by atoms with Crippen LogP contribution in [0.3, 0.4) is 0 Å². The molecule has 248 valence electrons. The smallest absolute Gasteiger partial charge is 0.144 e. The van der Waals surface area contributed by atoms with Crippen LogP contribution in [0.4, 0.5) is 17.1 Å². The van der Waals surface area contributed by atoms with Crippen LogP contribution in [0.2, 0.25) is 0 Å². The van der Waals surface area contributed by atoms with Gasteiger partial charge in [-0.3, -0.25) is 0 Å². The van der Waals surface area contributed by atoms with Gasteiger partial charge < -0.3 is 18.2 Å². The minimum absolute atomic E-state index is 0.846. The Bertz CT molecular complexity index is 3300. The van der Waals surface area contributed by atoms with Crippen molar-refractivity contribution in [1.82, 2.24) is 0 Å². The van der Waals surface area contributed by atoms with Gasteiger partial charge in [0.05, 0.1) is 0 Å². The number of anilines is 3. The summed E-state index contributed by atoms with van der Waals surface area (Å²) in [5, 5.41) is 9.12. The van der Waals surface area contributed by atoms with Gasteiger partial charge >= 0.3 is 0 Å². The summed E-state index contributed by atoms with van der Waals surface area (Å²) >= 11 is 1.81. The maximum atomic E-state index is 6.84. The van der Waals surface area contributed by atoms with Crippen molar-refractivity contribution < 1.29 is 13.3 Å². The van der Waals surface area contributed by atoms with Gasteiger partial charge in [0.25, 0.3) is 0 Å². The first kappa shape index (κ1) is 28.8. The molecular formula is C48H27NO3S. The van der Waals surface area contributed by atoms with Gasteiger partial charge in [0.15, 0.2) is 0 Å². The lowest BCUT2D eigenvalue weighted by Gasteiger charge is -2.25. The highest BCUT2D eigenvalue weighted by Gasteiger charge is 2.20. The van der Waals surface area contributed by atoms with Gasteiger partial charge in [0.1, 0.15) is 33.5 Å². The third-order valence-corrected chi connectivity index (χ3v) is 11.8. The summed E-state index contributed by atoms with van der Waals surface area (Å²) in [6.45, 7) is 0. The summed E-state index contributed by atoms with van der Waals surface area (Å²) in [7, 11) is 0. The quantitative estimate of drug-likeness (QED) is 0.184. The first-order chi connectivity index (χ1) is 26.2. The fraction of sp³-hybridized carbons (Fsp3) is 0. The van der Waals surface area contributed by atoms with Crippen molar-refractivity contribution in [3.63, 3.8) is 0 Å². The number of thiophene rings is 1. The fourth-order valence-corrected chi connectivity index (χ4v) is 9.34. The molecule has 0 bridgehead atoms. The summed E-state index contributed by atoms with van der Waals surface area (Å²) in [5.74, 6) is 0. The molecule has 0 unspecified atom stereocenters. The van der Waals surface area contributed by atoms with Crippen LogP contribution in [0.5, 0.6) is 0 Å². The zero-order valence-electron chi connectivity index (χ0n) is 28.2. The average Bonchev–Trinajstić information content (AvgIpc) is 3.97. The van der Waals surface area contributed by atoms with Gasteiger partial charge in [-0.1, -0.05) is 84.9 Å². The predicted octanol–water partition coefficient (Wildman–Crippen LogP) is 14.9. The molecule has 0 aliphatic carbocycles. The van der Waals surface area contributed by atoms with E-state index in [2.05, 4.69) is 144 Å². The molecule has 0 amide bonds. The molecule has 0 saturated carbocycles. The van der Waals surface area contributed by atoms with Crippen LogP contribution in [-0.2, 0) is 0 Å². The van der Waals surface area contributed by atoms with Crippen LogP contribution >= 0.6 is 11.3 Å². The summed E-state index contributed by atoms with van der Waals surface area (Å²) in [6, 6.07) is 57.6. The van der Waals surface area contributed by atoms with E-state index >= 15 is 0 Å². The van der Waals surface area contributed by atoms with E-state index in [4.69, 9.17) is 13.3 Å².